The normalized spacial score (nSPS) is 21.6. The second kappa shape index (κ2) is 11.8. The molecule has 172 valence electrons. The third kappa shape index (κ3) is 6.40. The van der Waals surface area contributed by atoms with Gasteiger partial charge < -0.3 is 10.2 Å². The second-order valence-corrected chi connectivity index (χ2v) is 8.78. The number of hydrogen-bond acceptors (Lipinski definition) is 5. The number of benzene rings is 1. The summed E-state index contributed by atoms with van der Waals surface area (Å²) in [6, 6.07) is 6.51. The number of nitriles is 2. The highest BCUT2D eigenvalue weighted by molar-refractivity contribution is 5.76. The number of rotatable bonds is 8. The summed E-state index contributed by atoms with van der Waals surface area (Å²) in [4.78, 5) is 16.2. The number of nitrogens with one attached hydrogen (secondary N) is 1. The second-order valence-electron chi connectivity index (χ2n) is 8.78. The van der Waals surface area contributed by atoms with Crippen LogP contribution in [0.3, 0.4) is 0 Å². The molecule has 1 N–H and O–H groups in total. The first-order valence-corrected chi connectivity index (χ1v) is 11.5. The molecule has 1 aliphatic carbocycles. The van der Waals surface area contributed by atoms with E-state index in [2.05, 4.69) is 16.3 Å². The molecule has 32 heavy (non-hydrogen) atoms. The molecule has 0 atom stereocenters. The Morgan fingerprint density at radius 1 is 1.09 bits per heavy atom. The van der Waals surface area contributed by atoms with Gasteiger partial charge in [0.05, 0.1) is 11.8 Å². The minimum atomic E-state index is -0.819. The molecule has 1 amide bonds. The highest BCUT2D eigenvalue weighted by Gasteiger charge is 2.25. The van der Waals surface area contributed by atoms with E-state index in [0.29, 0.717) is 44.0 Å². The van der Waals surface area contributed by atoms with Crippen molar-refractivity contribution in [2.75, 3.05) is 37.6 Å². The molecule has 1 saturated heterocycles. The zero-order valence-electron chi connectivity index (χ0n) is 18.5. The van der Waals surface area contributed by atoms with Gasteiger partial charge in [-0.1, -0.05) is 0 Å². The maximum atomic E-state index is 14.4. The van der Waals surface area contributed by atoms with Crippen molar-refractivity contribution in [3.63, 3.8) is 0 Å². The first-order chi connectivity index (χ1) is 15.5. The Hall–Kier alpha value is -2.71. The zero-order chi connectivity index (χ0) is 22.9. The molecule has 2 aliphatic rings. The Labute approximate surface area is 188 Å². The van der Waals surface area contributed by atoms with Gasteiger partial charge in [-0.15, -0.1) is 0 Å². The van der Waals surface area contributed by atoms with Crippen molar-refractivity contribution in [1.82, 2.24) is 10.2 Å². The number of halogens is 2. The van der Waals surface area contributed by atoms with Crippen molar-refractivity contribution < 1.29 is 13.6 Å². The lowest BCUT2D eigenvalue weighted by Crippen LogP contribution is -2.47. The van der Waals surface area contributed by atoms with Crippen LogP contribution in [0.5, 0.6) is 0 Å². The fourth-order valence-corrected chi connectivity index (χ4v) is 4.69. The molecule has 1 aromatic carbocycles. The molecule has 2 fully saturated rings. The van der Waals surface area contributed by atoms with Gasteiger partial charge in [0.15, 0.2) is 5.82 Å². The van der Waals surface area contributed by atoms with E-state index in [1.165, 1.54) is 6.07 Å². The predicted octanol–water partition coefficient (Wildman–Crippen LogP) is 3.72. The summed E-state index contributed by atoms with van der Waals surface area (Å²) < 4.78 is 28.0. The maximum absolute atomic E-state index is 14.4. The number of anilines is 1. The fourth-order valence-electron chi connectivity index (χ4n) is 4.69. The Morgan fingerprint density at radius 2 is 1.81 bits per heavy atom. The minimum absolute atomic E-state index is 0.0565. The molecule has 0 radical (unpaired) electrons. The number of hydrogen-bond donors (Lipinski definition) is 1. The molecule has 1 aromatic rings. The summed E-state index contributed by atoms with van der Waals surface area (Å²) in [5, 5.41) is 20.6. The van der Waals surface area contributed by atoms with E-state index in [4.69, 9.17) is 10.5 Å². The SMILES string of the molecule is N#CCCCC(=O)N[C@H]1CC[C@H](CCN2CCN(c3ccc(F)c(C#N)c3F)CC2)CC1. The third-order valence-electron chi connectivity index (χ3n) is 6.65. The van der Waals surface area contributed by atoms with Crippen molar-refractivity contribution >= 4 is 11.6 Å². The first-order valence-electron chi connectivity index (χ1n) is 11.5. The monoisotopic (exact) mass is 443 g/mol. The summed E-state index contributed by atoms with van der Waals surface area (Å²) >= 11 is 0. The lowest BCUT2D eigenvalue weighted by atomic mass is 9.84. The maximum Gasteiger partial charge on any atom is 0.220 e. The molecule has 1 heterocycles. The van der Waals surface area contributed by atoms with Gasteiger partial charge in [0.25, 0.3) is 0 Å². The number of piperazine rings is 1. The highest BCUT2D eigenvalue weighted by atomic mass is 19.1. The molecule has 0 aromatic heterocycles. The average molecular weight is 444 g/mol. The van der Waals surface area contributed by atoms with Crippen LogP contribution in [0.15, 0.2) is 12.1 Å². The van der Waals surface area contributed by atoms with Crippen LogP contribution in [0.1, 0.15) is 56.9 Å². The van der Waals surface area contributed by atoms with E-state index in [0.717, 1.165) is 57.8 Å². The van der Waals surface area contributed by atoms with Gasteiger partial charge in [-0.2, -0.15) is 10.5 Å². The van der Waals surface area contributed by atoms with Gasteiger partial charge in [0.2, 0.25) is 5.91 Å². The van der Waals surface area contributed by atoms with Crippen LogP contribution in [-0.4, -0.2) is 49.6 Å². The highest BCUT2D eigenvalue weighted by Crippen LogP contribution is 2.28. The molecular formula is C24H31F2N5O. The Bertz CT molecular complexity index is 862. The first kappa shape index (κ1) is 23.9. The summed E-state index contributed by atoms with van der Waals surface area (Å²) in [6.45, 7) is 3.93. The van der Waals surface area contributed by atoms with Crippen molar-refractivity contribution in [3.05, 3.63) is 29.3 Å². The average Bonchev–Trinajstić information content (AvgIpc) is 2.80. The number of unbranched alkanes of at least 4 members (excludes halogenated alkanes) is 1. The molecule has 6 nitrogen and oxygen atoms in total. The summed E-state index contributed by atoms with van der Waals surface area (Å²) in [6.07, 6.45) is 6.83. The zero-order valence-corrected chi connectivity index (χ0v) is 18.5. The van der Waals surface area contributed by atoms with Crippen molar-refractivity contribution in [3.8, 4) is 12.1 Å². The van der Waals surface area contributed by atoms with Gasteiger partial charge in [-0.05, 0) is 63.1 Å². The van der Waals surface area contributed by atoms with Crippen molar-refractivity contribution in [2.24, 2.45) is 5.92 Å². The van der Waals surface area contributed by atoms with Crippen LogP contribution in [0.25, 0.3) is 0 Å². The molecule has 1 aliphatic heterocycles. The Balaban J connectivity index is 1.35. The van der Waals surface area contributed by atoms with Crippen LogP contribution < -0.4 is 10.2 Å². The number of amides is 1. The summed E-state index contributed by atoms with van der Waals surface area (Å²) in [5.74, 6) is -0.871. The number of nitrogens with zero attached hydrogens (tertiary/aromatic N) is 4. The van der Waals surface area contributed by atoms with Crippen LogP contribution in [0.2, 0.25) is 0 Å². The molecule has 0 unspecified atom stereocenters. The van der Waals surface area contributed by atoms with Gasteiger partial charge >= 0.3 is 0 Å². The smallest absolute Gasteiger partial charge is 0.220 e. The van der Waals surface area contributed by atoms with E-state index in [-0.39, 0.29) is 11.9 Å². The van der Waals surface area contributed by atoms with Gasteiger partial charge in [-0.3, -0.25) is 9.69 Å². The van der Waals surface area contributed by atoms with Crippen LogP contribution in [0.4, 0.5) is 14.5 Å². The lowest BCUT2D eigenvalue weighted by Gasteiger charge is -2.37. The standard InChI is InChI=1S/C24H31F2N5O/c25-21-8-9-22(24(26)20(21)17-28)31-15-13-30(14-16-31)12-10-18-4-6-19(7-5-18)29-23(32)3-1-2-11-27/h8-9,18-19H,1-7,10,12-16H2,(H,29,32)/t18-,19-. The third-order valence-corrected chi connectivity index (χ3v) is 6.65. The van der Waals surface area contributed by atoms with E-state index < -0.39 is 17.2 Å². The van der Waals surface area contributed by atoms with Crippen LogP contribution >= 0.6 is 0 Å². The van der Waals surface area contributed by atoms with E-state index in [9.17, 15) is 13.6 Å². The molecular weight excluding hydrogens is 412 g/mol. The molecule has 0 bridgehead atoms. The molecule has 8 heteroatoms. The minimum Gasteiger partial charge on any atom is -0.367 e. The fraction of sp³-hybridized carbons (Fsp3) is 0.625. The largest absolute Gasteiger partial charge is 0.367 e. The number of carbonyl (C=O) groups is 1. The van der Waals surface area contributed by atoms with Gasteiger partial charge in [0.1, 0.15) is 17.4 Å². The lowest BCUT2D eigenvalue weighted by molar-refractivity contribution is -0.122. The Kier molecular flexibility index (Phi) is 8.81. The van der Waals surface area contributed by atoms with Crippen LogP contribution in [-0.2, 0) is 4.79 Å². The van der Waals surface area contributed by atoms with Gasteiger partial charge in [-0.25, -0.2) is 8.78 Å². The van der Waals surface area contributed by atoms with Crippen molar-refractivity contribution in [2.45, 2.75) is 57.4 Å². The van der Waals surface area contributed by atoms with E-state index in [1.807, 2.05) is 4.90 Å². The van der Waals surface area contributed by atoms with E-state index in [1.54, 1.807) is 6.07 Å². The molecule has 0 spiro atoms. The van der Waals surface area contributed by atoms with Gasteiger partial charge in [0, 0.05) is 45.1 Å². The molecule has 1 saturated carbocycles. The van der Waals surface area contributed by atoms with E-state index >= 15 is 0 Å². The predicted molar refractivity (Wildman–Crippen MR) is 118 cm³/mol. The summed E-state index contributed by atoms with van der Waals surface area (Å²) in [7, 11) is 0. The van der Waals surface area contributed by atoms with Crippen LogP contribution in [0, 0.1) is 40.2 Å². The quantitative estimate of drug-likeness (QED) is 0.619. The topological polar surface area (TPSA) is 83.2 Å². The molecule has 3 rings (SSSR count). The van der Waals surface area contributed by atoms with Crippen molar-refractivity contribution in [1.29, 1.82) is 10.5 Å². The Morgan fingerprint density at radius 3 is 2.47 bits per heavy atom. The summed E-state index contributed by atoms with van der Waals surface area (Å²) in [5.41, 5.74) is -0.213. The number of carbonyl (C=O) groups excluding carboxylic acids is 1.